The van der Waals surface area contributed by atoms with Crippen LogP contribution < -0.4 is 15.2 Å². The molecule has 0 spiro atoms. The number of alkyl halides is 2. The highest BCUT2D eigenvalue weighted by atomic mass is 19.3. The Balaban J connectivity index is 2.10. The highest BCUT2D eigenvalue weighted by Crippen LogP contribution is 2.32. The molecule has 0 unspecified atom stereocenters. The van der Waals surface area contributed by atoms with Crippen LogP contribution in [0, 0.1) is 0 Å². The van der Waals surface area contributed by atoms with Gasteiger partial charge in [-0.1, -0.05) is 6.07 Å². The number of methoxy groups -OCH3 is 1. The van der Waals surface area contributed by atoms with Gasteiger partial charge in [0.2, 0.25) is 5.91 Å². The molecule has 21 heavy (non-hydrogen) atoms. The summed E-state index contributed by atoms with van der Waals surface area (Å²) in [6.07, 6.45) is 2.08. The first kappa shape index (κ1) is 15.5. The van der Waals surface area contributed by atoms with Gasteiger partial charge in [-0.2, -0.15) is 8.78 Å². The van der Waals surface area contributed by atoms with E-state index in [-0.39, 0.29) is 24.0 Å². The van der Waals surface area contributed by atoms with E-state index in [1.165, 1.54) is 13.2 Å². The molecule has 0 heterocycles. The number of rotatable bonds is 8. The van der Waals surface area contributed by atoms with Crippen LogP contribution in [-0.4, -0.2) is 37.1 Å². The SMILES string of the molecule is COc1cc(CN(CC(N)=O)C2CC2)ccc1OC(F)F. The lowest BCUT2D eigenvalue weighted by molar-refractivity contribution is -0.119. The third-order valence-electron chi connectivity index (χ3n) is 3.25. The van der Waals surface area contributed by atoms with E-state index in [9.17, 15) is 13.6 Å². The van der Waals surface area contributed by atoms with Crippen LogP contribution in [0.3, 0.4) is 0 Å². The molecule has 1 aliphatic rings. The van der Waals surface area contributed by atoms with Gasteiger partial charge in [-0.15, -0.1) is 0 Å². The van der Waals surface area contributed by atoms with Gasteiger partial charge in [0.15, 0.2) is 11.5 Å². The zero-order valence-electron chi connectivity index (χ0n) is 11.7. The molecule has 116 valence electrons. The van der Waals surface area contributed by atoms with Crippen LogP contribution in [0.5, 0.6) is 11.5 Å². The van der Waals surface area contributed by atoms with Gasteiger partial charge in [0.1, 0.15) is 0 Å². The van der Waals surface area contributed by atoms with Gasteiger partial charge in [0.25, 0.3) is 0 Å². The minimum absolute atomic E-state index is 0.0101. The van der Waals surface area contributed by atoms with E-state index in [0.717, 1.165) is 18.4 Å². The fourth-order valence-electron chi connectivity index (χ4n) is 2.19. The summed E-state index contributed by atoms with van der Waals surface area (Å²) < 4.78 is 34.0. The van der Waals surface area contributed by atoms with Gasteiger partial charge < -0.3 is 15.2 Å². The molecule has 5 nitrogen and oxygen atoms in total. The summed E-state index contributed by atoms with van der Waals surface area (Å²) in [6, 6.07) is 5.11. The largest absolute Gasteiger partial charge is 0.493 e. The number of primary amides is 1. The number of amides is 1. The van der Waals surface area contributed by atoms with Crippen LogP contribution in [0.25, 0.3) is 0 Å². The van der Waals surface area contributed by atoms with E-state index in [4.69, 9.17) is 10.5 Å². The maximum atomic E-state index is 12.3. The highest BCUT2D eigenvalue weighted by molar-refractivity contribution is 5.76. The first-order valence-corrected chi connectivity index (χ1v) is 6.63. The van der Waals surface area contributed by atoms with Crippen molar-refractivity contribution in [2.75, 3.05) is 13.7 Å². The third kappa shape index (κ3) is 4.56. The molecule has 2 N–H and O–H groups in total. The van der Waals surface area contributed by atoms with Crippen molar-refractivity contribution in [1.82, 2.24) is 4.90 Å². The van der Waals surface area contributed by atoms with E-state index in [1.807, 2.05) is 4.90 Å². The average molecular weight is 300 g/mol. The fourth-order valence-corrected chi connectivity index (χ4v) is 2.19. The van der Waals surface area contributed by atoms with Crippen molar-refractivity contribution in [3.63, 3.8) is 0 Å². The van der Waals surface area contributed by atoms with E-state index >= 15 is 0 Å². The maximum Gasteiger partial charge on any atom is 0.387 e. The Bertz CT molecular complexity index is 507. The molecule has 0 radical (unpaired) electrons. The molecule has 1 fully saturated rings. The number of nitrogens with zero attached hydrogens (tertiary/aromatic N) is 1. The Morgan fingerprint density at radius 3 is 2.67 bits per heavy atom. The lowest BCUT2D eigenvalue weighted by atomic mass is 10.2. The molecule has 0 aromatic heterocycles. The van der Waals surface area contributed by atoms with Gasteiger partial charge in [-0.3, -0.25) is 9.69 Å². The molecule has 0 bridgehead atoms. The lowest BCUT2D eigenvalue weighted by Crippen LogP contribution is -2.34. The summed E-state index contributed by atoms with van der Waals surface area (Å²) in [7, 11) is 1.39. The summed E-state index contributed by atoms with van der Waals surface area (Å²) >= 11 is 0. The first-order valence-electron chi connectivity index (χ1n) is 6.63. The van der Waals surface area contributed by atoms with Crippen LogP contribution in [0.15, 0.2) is 18.2 Å². The van der Waals surface area contributed by atoms with Crippen LogP contribution in [-0.2, 0) is 11.3 Å². The molecule has 7 heteroatoms. The average Bonchev–Trinajstić information content (AvgIpc) is 3.23. The molecular weight excluding hydrogens is 282 g/mol. The molecule has 0 atom stereocenters. The van der Waals surface area contributed by atoms with Gasteiger partial charge in [0.05, 0.1) is 13.7 Å². The summed E-state index contributed by atoms with van der Waals surface area (Å²) in [4.78, 5) is 13.1. The monoisotopic (exact) mass is 300 g/mol. The summed E-state index contributed by atoms with van der Waals surface area (Å²) in [5.41, 5.74) is 6.09. The summed E-state index contributed by atoms with van der Waals surface area (Å²) in [5.74, 6) is -0.154. The number of ether oxygens (including phenoxy) is 2. The van der Waals surface area contributed by atoms with Crippen molar-refractivity contribution < 1.29 is 23.0 Å². The number of nitrogens with two attached hydrogens (primary N) is 1. The summed E-state index contributed by atoms with van der Waals surface area (Å²) in [6.45, 7) is -2.20. The highest BCUT2D eigenvalue weighted by Gasteiger charge is 2.30. The Morgan fingerprint density at radius 1 is 1.43 bits per heavy atom. The Labute approximate surface area is 121 Å². The standard InChI is InChI=1S/C14H18F2N2O3/c1-20-12-6-9(2-5-11(12)21-14(15)16)7-18(8-13(17)19)10-3-4-10/h2,5-6,10,14H,3-4,7-8H2,1H3,(H2,17,19). The first-order chi connectivity index (χ1) is 9.99. The van der Waals surface area contributed by atoms with Crippen LogP contribution in [0.2, 0.25) is 0 Å². The van der Waals surface area contributed by atoms with Gasteiger partial charge in [0, 0.05) is 12.6 Å². The quantitative estimate of drug-likeness (QED) is 0.794. The van der Waals surface area contributed by atoms with Crippen LogP contribution in [0.4, 0.5) is 8.78 Å². The minimum atomic E-state index is -2.90. The van der Waals surface area contributed by atoms with Gasteiger partial charge in [-0.25, -0.2) is 0 Å². The fraction of sp³-hybridized carbons (Fsp3) is 0.500. The second-order valence-corrected chi connectivity index (χ2v) is 4.97. The molecule has 0 saturated heterocycles. The second-order valence-electron chi connectivity index (χ2n) is 4.97. The molecule has 1 aliphatic carbocycles. The Hall–Kier alpha value is -1.89. The van der Waals surface area contributed by atoms with Crippen molar-refractivity contribution >= 4 is 5.91 Å². The van der Waals surface area contributed by atoms with Gasteiger partial charge in [-0.05, 0) is 30.5 Å². The maximum absolute atomic E-state index is 12.3. The number of halogens is 2. The molecule has 1 amide bonds. The predicted octanol–water partition coefficient (Wildman–Crippen LogP) is 1.75. The summed E-state index contributed by atoms with van der Waals surface area (Å²) in [5, 5.41) is 0. The number of benzene rings is 1. The Kier molecular flexibility index (Phi) is 4.95. The van der Waals surface area contributed by atoms with E-state index < -0.39 is 6.61 Å². The predicted molar refractivity (Wildman–Crippen MR) is 72.3 cm³/mol. The number of carbonyl (C=O) groups is 1. The second kappa shape index (κ2) is 6.71. The normalized spacial score (nSPS) is 14.5. The zero-order chi connectivity index (χ0) is 15.4. The number of hydrogen-bond donors (Lipinski definition) is 1. The number of carbonyl (C=O) groups excluding carboxylic acids is 1. The smallest absolute Gasteiger partial charge is 0.387 e. The minimum Gasteiger partial charge on any atom is -0.493 e. The van der Waals surface area contributed by atoms with Crippen LogP contribution in [0.1, 0.15) is 18.4 Å². The van der Waals surface area contributed by atoms with Crippen molar-refractivity contribution in [1.29, 1.82) is 0 Å². The molecular formula is C14H18F2N2O3. The van der Waals surface area contributed by atoms with E-state index in [0.29, 0.717) is 12.6 Å². The lowest BCUT2D eigenvalue weighted by Gasteiger charge is -2.21. The van der Waals surface area contributed by atoms with Crippen molar-refractivity contribution in [2.45, 2.75) is 32.0 Å². The molecule has 1 aromatic rings. The van der Waals surface area contributed by atoms with E-state index in [2.05, 4.69) is 4.74 Å². The Morgan fingerprint density at radius 2 is 2.14 bits per heavy atom. The molecule has 2 rings (SSSR count). The zero-order valence-corrected chi connectivity index (χ0v) is 11.7. The van der Waals surface area contributed by atoms with Gasteiger partial charge >= 0.3 is 6.61 Å². The van der Waals surface area contributed by atoms with Crippen molar-refractivity contribution in [3.8, 4) is 11.5 Å². The van der Waals surface area contributed by atoms with Crippen molar-refractivity contribution in [3.05, 3.63) is 23.8 Å². The molecule has 1 saturated carbocycles. The van der Waals surface area contributed by atoms with Crippen molar-refractivity contribution in [2.24, 2.45) is 5.73 Å². The van der Waals surface area contributed by atoms with Crippen LogP contribution >= 0.6 is 0 Å². The topological polar surface area (TPSA) is 64.8 Å². The number of hydrogen-bond acceptors (Lipinski definition) is 4. The van der Waals surface area contributed by atoms with E-state index in [1.54, 1.807) is 12.1 Å². The molecule has 0 aliphatic heterocycles. The molecule has 1 aromatic carbocycles. The third-order valence-corrected chi connectivity index (χ3v) is 3.25.